The van der Waals surface area contributed by atoms with E-state index in [9.17, 15) is 13.6 Å². The average Bonchev–Trinajstić information content (AvgIpc) is 3.00. The van der Waals surface area contributed by atoms with E-state index in [-0.39, 0.29) is 23.7 Å². The summed E-state index contributed by atoms with van der Waals surface area (Å²) in [6.07, 6.45) is 4.89. The summed E-state index contributed by atoms with van der Waals surface area (Å²) in [7, 11) is 0. The molecule has 2 unspecified atom stereocenters. The van der Waals surface area contributed by atoms with Crippen LogP contribution in [-0.4, -0.2) is 22.1 Å². The standard InChI is InChI=1S/C15H17F2N3O2/c1-10(12-3-5-13(6-4-12)22-15(16)17)19-14(21)11(2)20-8-7-18-9-20/h3-11,15H,1-2H3,(H,19,21). The Morgan fingerprint density at radius 2 is 1.95 bits per heavy atom. The van der Waals surface area contributed by atoms with E-state index in [0.29, 0.717) is 0 Å². The Morgan fingerprint density at radius 3 is 2.50 bits per heavy atom. The van der Waals surface area contributed by atoms with E-state index < -0.39 is 6.61 Å². The number of halogens is 2. The molecule has 1 aromatic heterocycles. The number of aromatic nitrogens is 2. The third-order valence-corrected chi connectivity index (χ3v) is 3.32. The van der Waals surface area contributed by atoms with E-state index in [1.54, 1.807) is 42.3 Å². The fourth-order valence-electron chi connectivity index (χ4n) is 1.99. The molecule has 7 heteroatoms. The maximum absolute atomic E-state index is 12.2. The summed E-state index contributed by atoms with van der Waals surface area (Å²) in [5.74, 6) is -0.0672. The quantitative estimate of drug-likeness (QED) is 0.892. The SMILES string of the molecule is CC(NC(=O)C(C)n1ccnc1)c1ccc(OC(F)F)cc1. The fraction of sp³-hybridized carbons (Fsp3) is 0.333. The van der Waals surface area contributed by atoms with Crippen LogP contribution < -0.4 is 10.1 Å². The van der Waals surface area contributed by atoms with Crippen LogP contribution in [0.5, 0.6) is 5.75 Å². The summed E-state index contributed by atoms with van der Waals surface area (Å²) < 4.78 is 30.2. The molecule has 0 spiro atoms. The van der Waals surface area contributed by atoms with E-state index >= 15 is 0 Å². The molecule has 0 saturated heterocycles. The molecule has 118 valence electrons. The molecule has 0 saturated carbocycles. The molecule has 1 amide bonds. The lowest BCUT2D eigenvalue weighted by Crippen LogP contribution is -2.32. The molecule has 2 rings (SSSR count). The molecule has 0 fully saturated rings. The van der Waals surface area contributed by atoms with Crippen LogP contribution in [0.2, 0.25) is 0 Å². The van der Waals surface area contributed by atoms with Gasteiger partial charge in [0.15, 0.2) is 0 Å². The van der Waals surface area contributed by atoms with Gasteiger partial charge >= 0.3 is 6.61 Å². The molecule has 1 N–H and O–H groups in total. The van der Waals surface area contributed by atoms with Gasteiger partial charge in [-0.25, -0.2) is 4.98 Å². The second-order valence-electron chi connectivity index (χ2n) is 4.86. The summed E-state index contributed by atoms with van der Waals surface area (Å²) in [4.78, 5) is 16.1. The maximum atomic E-state index is 12.2. The number of amides is 1. The van der Waals surface area contributed by atoms with E-state index in [1.165, 1.54) is 12.1 Å². The van der Waals surface area contributed by atoms with Gasteiger partial charge in [-0.1, -0.05) is 12.1 Å². The first-order chi connectivity index (χ1) is 10.5. The lowest BCUT2D eigenvalue weighted by atomic mass is 10.1. The molecule has 5 nitrogen and oxygen atoms in total. The van der Waals surface area contributed by atoms with Crippen molar-refractivity contribution in [3.8, 4) is 5.75 Å². The number of carbonyl (C=O) groups excluding carboxylic acids is 1. The number of imidazole rings is 1. The monoisotopic (exact) mass is 309 g/mol. The summed E-state index contributed by atoms with van der Waals surface area (Å²) in [5, 5.41) is 2.87. The first kappa shape index (κ1) is 15.9. The van der Waals surface area contributed by atoms with Crippen LogP contribution in [0.25, 0.3) is 0 Å². The smallest absolute Gasteiger partial charge is 0.387 e. The van der Waals surface area contributed by atoms with E-state index in [2.05, 4.69) is 15.0 Å². The van der Waals surface area contributed by atoms with E-state index in [1.807, 2.05) is 6.92 Å². The predicted molar refractivity (Wildman–Crippen MR) is 76.6 cm³/mol. The maximum Gasteiger partial charge on any atom is 0.387 e. The lowest BCUT2D eigenvalue weighted by molar-refractivity contribution is -0.124. The molecule has 0 aliphatic carbocycles. The van der Waals surface area contributed by atoms with Crippen molar-refractivity contribution in [3.05, 3.63) is 48.5 Å². The first-order valence-electron chi connectivity index (χ1n) is 6.80. The van der Waals surface area contributed by atoms with Gasteiger partial charge in [-0.15, -0.1) is 0 Å². The van der Waals surface area contributed by atoms with Crippen LogP contribution in [0.15, 0.2) is 43.0 Å². The number of alkyl halides is 2. The number of nitrogens with one attached hydrogen (secondary N) is 1. The number of nitrogens with zero attached hydrogens (tertiary/aromatic N) is 2. The summed E-state index contributed by atoms with van der Waals surface area (Å²) in [6.45, 7) is 0.740. The molecule has 0 bridgehead atoms. The molecule has 22 heavy (non-hydrogen) atoms. The Hall–Kier alpha value is -2.44. The number of rotatable bonds is 6. The van der Waals surface area contributed by atoms with Crippen molar-refractivity contribution >= 4 is 5.91 Å². The lowest BCUT2D eigenvalue weighted by Gasteiger charge is -2.19. The van der Waals surface area contributed by atoms with Crippen LogP contribution in [0.3, 0.4) is 0 Å². The van der Waals surface area contributed by atoms with Crippen LogP contribution in [0.4, 0.5) is 8.78 Å². The molecule has 1 aromatic carbocycles. The van der Waals surface area contributed by atoms with Crippen molar-refractivity contribution in [1.82, 2.24) is 14.9 Å². The van der Waals surface area contributed by atoms with Gasteiger partial charge in [0.05, 0.1) is 12.4 Å². The zero-order valence-electron chi connectivity index (χ0n) is 12.2. The number of ether oxygens (including phenoxy) is 1. The van der Waals surface area contributed by atoms with Gasteiger partial charge in [0.2, 0.25) is 5.91 Å². The highest BCUT2D eigenvalue weighted by atomic mass is 19.3. The summed E-state index contributed by atoms with van der Waals surface area (Å²) in [6, 6.07) is 5.55. The third-order valence-electron chi connectivity index (χ3n) is 3.32. The van der Waals surface area contributed by atoms with Gasteiger partial charge in [-0.3, -0.25) is 4.79 Å². The summed E-state index contributed by atoms with van der Waals surface area (Å²) >= 11 is 0. The number of hydrogen-bond acceptors (Lipinski definition) is 3. The number of carbonyl (C=O) groups is 1. The van der Waals surface area contributed by atoms with Crippen molar-refractivity contribution < 1.29 is 18.3 Å². The van der Waals surface area contributed by atoms with Crippen molar-refractivity contribution in [2.75, 3.05) is 0 Å². The molecule has 0 aliphatic rings. The Kier molecular flexibility index (Phi) is 5.08. The second kappa shape index (κ2) is 7.02. The fourth-order valence-corrected chi connectivity index (χ4v) is 1.99. The molecular formula is C15H17F2N3O2. The highest BCUT2D eigenvalue weighted by Gasteiger charge is 2.17. The van der Waals surface area contributed by atoms with Crippen molar-refractivity contribution in [2.24, 2.45) is 0 Å². The molecule has 0 aliphatic heterocycles. The Balaban J connectivity index is 1.96. The second-order valence-corrected chi connectivity index (χ2v) is 4.86. The van der Waals surface area contributed by atoms with Crippen molar-refractivity contribution in [1.29, 1.82) is 0 Å². The normalized spacial score (nSPS) is 13.7. The Labute approximate surface area is 126 Å². The van der Waals surface area contributed by atoms with E-state index in [0.717, 1.165) is 5.56 Å². The van der Waals surface area contributed by atoms with Gasteiger partial charge in [-0.2, -0.15) is 8.78 Å². The van der Waals surface area contributed by atoms with Crippen LogP contribution >= 0.6 is 0 Å². The van der Waals surface area contributed by atoms with Crippen molar-refractivity contribution in [3.63, 3.8) is 0 Å². The van der Waals surface area contributed by atoms with Gasteiger partial charge in [-0.05, 0) is 31.5 Å². The van der Waals surface area contributed by atoms with Crippen LogP contribution in [0, 0.1) is 0 Å². The van der Waals surface area contributed by atoms with Gasteiger partial charge in [0, 0.05) is 12.4 Å². The Bertz CT molecular complexity index is 600. The van der Waals surface area contributed by atoms with Crippen LogP contribution in [0.1, 0.15) is 31.5 Å². The molecule has 2 aromatic rings. The largest absolute Gasteiger partial charge is 0.435 e. The Morgan fingerprint density at radius 1 is 1.27 bits per heavy atom. The third kappa shape index (κ3) is 4.03. The zero-order chi connectivity index (χ0) is 16.1. The number of benzene rings is 1. The predicted octanol–water partition coefficient (Wildman–Crippen LogP) is 2.92. The average molecular weight is 309 g/mol. The van der Waals surface area contributed by atoms with Gasteiger partial charge < -0.3 is 14.6 Å². The highest BCUT2D eigenvalue weighted by molar-refractivity contribution is 5.80. The van der Waals surface area contributed by atoms with Gasteiger partial charge in [0.1, 0.15) is 11.8 Å². The zero-order valence-corrected chi connectivity index (χ0v) is 12.2. The molecule has 2 atom stereocenters. The summed E-state index contributed by atoms with van der Waals surface area (Å²) in [5.41, 5.74) is 0.799. The topological polar surface area (TPSA) is 56.2 Å². The highest BCUT2D eigenvalue weighted by Crippen LogP contribution is 2.19. The van der Waals surface area contributed by atoms with Crippen molar-refractivity contribution in [2.45, 2.75) is 32.5 Å². The van der Waals surface area contributed by atoms with Gasteiger partial charge in [0.25, 0.3) is 0 Å². The molecule has 1 heterocycles. The first-order valence-corrected chi connectivity index (χ1v) is 6.80. The number of hydrogen-bond donors (Lipinski definition) is 1. The molecular weight excluding hydrogens is 292 g/mol. The minimum absolute atomic E-state index is 0.0871. The van der Waals surface area contributed by atoms with Crippen LogP contribution in [-0.2, 0) is 4.79 Å². The minimum atomic E-state index is -2.85. The minimum Gasteiger partial charge on any atom is -0.435 e. The van der Waals surface area contributed by atoms with E-state index in [4.69, 9.17) is 0 Å². The molecule has 0 radical (unpaired) electrons.